The van der Waals surface area contributed by atoms with Crippen molar-refractivity contribution in [3.63, 3.8) is 0 Å². The zero-order valence-corrected chi connectivity index (χ0v) is 14.1. The molecule has 0 spiro atoms. The Morgan fingerprint density at radius 1 is 1.36 bits per heavy atom. The van der Waals surface area contributed by atoms with Crippen molar-refractivity contribution in [1.29, 1.82) is 0 Å². The van der Waals surface area contributed by atoms with Gasteiger partial charge in [0.25, 0.3) is 0 Å². The first-order chi connectivity index (χ1) is 10.5. The first-order valence-corrected chi connectivity index (χ1v) is 8.19. The van der Waals surface area contributed by atoms with Crippen molar-refractivity contribution in [1.82, 2.24) is 20.2 Å². The van der Waals surface area contributed by atoms with Crippen LogP contribution in [-0.4, -0.2) is 31.4 Å². The van der Waals surface area contributed by atoms with Crippen molar-refractivity contribution in [3.8, 4) is 0 Å². The summed E-state index contributed by atoms with van der Waals surface area (Å²) < 4.78 is 1.56. The van der Waals surface area contributed by atoms with Crippen molar-refractivity contribution < 1.29 is 4.79 Å². The van der Waals surface area contributed by atoms with E-state index in [1.54, 1.807) is 11.7 Å². The molecule has 7 heteroatoms. The summed E-state index contributed by atoms with van der Waals surface area (Å²) >= 11 is 1.34. The fourth-order valence-electron chi connectivity index (χ4n) is 2.03. The zero-order valence-electron chi connectivity index (χ0n) is 13.3. The normalized spacial score (nSPS) is 13.6. The number of nitrogens with one attached hydrogen (secondary N) is 1. The minimum Gasteiger partial charge on any atom is -0.325 e. The molecule has 118 valence electrons. The van der Waals surface area contributed by atoms with Crippen LogP contribution in [0.4, 0.5) is 5.69 Å². The minimum absolute atomic E-state index is 0.0521. The molecule has 0 saturated carbocycles. The molecule has 6 nitrogen and oxygen atoms in total. The van der Waals surface area contributed by atoms with Gasteiger partial charge in [0.1, 0.15) is 0 Å². The highest BCUT2D eigenvalue weighted by Gasteiger charge is 2.19. The van der Waals surface area contributed by atoms with Crippen molar-refractivity contribution >= 4 is 23.4 Å². The van der Waals surface area contributed by atoms with Gasteiger partial charge in [-0.3, -0.25) is 4.79 Å². The van der Waals surface area contributed by atoms with E-state index in [-0.39, 0.29) is 11.2 Å². The Morgan fingerprint density at radius 2 is 2.09 bits per heavy atom. The molecule has 0 fully saturated rings. The van der Waals surface area contributed by atoms with Crippen molar-refractivity contribution in [2.75, 3.05) is 5.32 Å². The molecule has 1 aromatic carbocycles. The molecule has 2 unspecified atom stereocenters. The number of thioether (sulfide) groups is 1. The van der Waals surface area contributed by atoms with Gasteiger partial charge in [-0.1, -0.05) is 43.8 Å². The maximum Gasteiger partial charge on any atom is 0.237 e. The van der Waals surface area contributed by atoms with E-state index in [0.717, 1.165) is 17.7 Å². The number of carbonyl (C=O) groups excluding carboxylic acids is 1. The van der Waals surface area contributed by atoms with E-state index in [2.05, 4.69) is 40.8 Å². The summed E-state index contributed by atoms with van der Waals surface area (Å²) in [7, 11) is 1.76. The Morgan fingerprint density at radius 3 is 2.73 bits per heavy atom. The topological polar surface area (TPSA) is 72.7 Å². The van der Waals surface area contributed by atoms with E-state index in [1.807, 2.05) is 25.1 Å². The molecule has 22 heavy (non-hydrogen) atoms. The number of aryl methyl sites for hydroxylation is 1. The lowest BCUT2D eigenvalue weighted by molar-refractivity contribution is -0.115. The predicted octanol–water partition coefficient (Wildman–Crippen LogP) is 2.84. The SMILES string of the molecule is CCC(C)c1ccccc1NC(=O)C(C)Sc1nnnn1C. The third-order valence-corrected chi connectivity index (χ3v) is 4.72. The molecule has 2 atom stereocenters. The molecule has 2 aromatic rings. The van der Waals surface area contributed by atoms with Gasteiger partial charge >= 0.3 is 0 Å². The van der Waals surface area contributed by atoms with Crippen LogP contribution < -0.4 is 5.32 Å². The van der Waals surface area contributed by atoms with Gasteiger partial charge in [0.15, 0.2) is 0 Å². The van der Waals surface area contributed by atoms with Crippen molar-refractivity contribution in [2.24, 2.45) is 7.05 Å². The maximum absolute atomic E-state index is 12.4. The van der Waals surface area contributed by atoms with Crippen molar-refractivity contribution in [3.05, 3.63) is 29.8 Å². The Balaban J connectivity index is 2.07. The molecular weight excluding hydrogens is 298 g/mol. The van der Waals surface area contributed by atoms with Crippen LogP contribution in [-0.2, 0) is 11.8 Å². The second kappa shape index (κ2) is 7.40. The van der Waals surface area contributed by atoms with Gasteiger partial charge in [-0.05, 0) is 41.3 Å². The number of hydrogen-bond donors (Lipinski definition) is 1. The summed E-state index contributed by atoms with van der Waals surface area (Å²) in [5.74, 6) is 0.353. The van der Waals surface area contributed by atoms with E-state index < -0.39 is 0 Å². The maximum atomic E-state index is 12.4. The van der Waals surface area contributed by atoms with Crippen LogP contribution in [0.1, 0.15) is 38.7 Å². The number of amides is 1. The van der Waals surface area contributed by atoms with Gasteiger partial charge in [0.05, 0.1) is 5.25 Å². The van der Waals surface area contributed by atoms with Gasteiger partial charge in [0, 0.05) is 12.7 Å². The summed E-state index contributed by atoms with van der Waals surface area (Å²) in [5.41, 5.74) is 2.04. The molecule has 1 aromatic heterocycles. The smallest absolute Gasteiger partial charge is 0.237 e. The number of nitrogens with zero attached hydrogens (tertiary/aromatic N) is 4. The Bertz CT molecular complexity index is 642. The van der Waals surface area contributed by atoms with Gasteiger partial charge in [-0.2, -0.15) is 0 Å². The predicted molar refractivity (Wildman–Crippen MR) is 87.9 cm³/mol. The molecule has 2 rings (SSSR count). The lowest BCUT2D eigenvalue weighted by atomic mass is 9.97. The number of anilines is 1. The summed E-state index contributed by atoms with van der Waals surface area (Å²) in [6.07, 6.45) is 1.03. The molecule has 0 saturated heterocycles. The number of tetrazole rings is 1. The Kier molecular flexibility index (Phi) is 5.54. The largest absolute Gasteiger partial charge is 0.325 e. The molecule has 1 heterocycles. The fourth-order valence-corrected chi connectivity index (χ4v) is 2.78. The summed E-state index contributed by atoms with van der Waals surface area (Å²) in [5, 5.41) is 14.6. The molecule has 0 radical (unpaired) electrons. The lowest BCUT2D eigenvalue weighted by Gasteiger charge is -2.17. The van der Waals surface area contributed by atoms with Crippen LogP contribution in [0.25, 0.3) is 0 Å². The quantitative estimate of drug-likeness (QED) is 0.829. The minimum atomic E-state index is -0.283. The highest BCUT2D eigenvalue weighted by atomic mass is 32.2. The van der Waals surface area contributed by atoms with E-state index in [4.69, 9.17) is 0 Å². The summed E-state index contributed by atoms with van der Waals surface area (Å²) in [4.78, 5) is 12.4. The van der Waals surface area contributed by atoms with E-state index in [1.165, 1.54) is 11.8 Å². The van der Waals surface area contributed by atoms with Gasteiger partial charge < -0.3 is 5.32 Å². The molecule has 1 amide bonds. The van der Waals surface area contributed by atoms with Crippen LogP contribution in [0.3, 0.4) is 0 Å². The molecule has 0 aliphatic carbocycles. The third kappa shape index (κ3) is 3.85. The third-order valence-electron chi connectivity index (χ3n) is 3.59. The first-order valence-electron chi connectivity index (χ1n) is 7.31. The highest BCUT2D eigenvalue weighted by molar-refractivity contribution is 8.00. The molecule has 0 aliphatic rings. The van der Waals surface area contributed by atoms with Crippen LogP contribution in [0.2, 0.25) is 0 Å². The van der Waals surface area contributed by atoms with Gasteiger partial charge in [-0.25, -0.2) is 4.68 Å². The van der Waals surface area contributed by atoms with E-state index in [9.17, 15) is 4.79 Å². The van der Waals surface area contributed by atoms with Gasteiger partial charge in [-0.15, -0.1) is 5.10 Å². The van der Waals surface area contributed by atoms with Crippen LogP contribution >= 0.6 is 11.8 Å². The average Bonchev–Trinajstić information content (AvgIpc) is 2.92. The zero-order chi connectivity index (χ0) is 16.1. The Labute approximate surface area is 134 Å². The summed E-state index contributed by atoms with van der Waals surface area (Å²) in [6, 6.07) is 7.95. The van der Waals surface area contributed by atoms with Crippen molar-refractivity contribution in [2.45, 2.75) is 43.5 Å². The molecular formula is C15H21N5OS. The number of rotatable bonds is 6. The molecule has 0 aliphatic heterocycles. The van der Waals surface area contributed by atoms with Crippen LogP contribution in [0.5, 0.6) is 0 Å². The Hall–Kier alpha value is -1.89. The molecule has 1 N–H and O–H groups in total. The van der Waals surface area contributed by atoms with E-state index >= 15 is 0 Å². The van der Waals surface area contributed by atoms with Crippen LogP contribution in [0, 0.1) is 0 Å². The average molecular weight is 319 g/mol. The lowest BCUT2D eigenvalue weighted by Crippen LogP contribution is -2.23. The number of aromatic nitrogens is 4. The number of carbonyl (C=O) groups is 1. The number of para-hydroxylation sites is 1. The van der Waals surface area contributed by atoms with Crippen LogP contribution in [0.15, 0.2) is 29.4 Å². The number of hydrogen-bond acceptors (Lipinski definition) is 5. The first kappa shape index (κ1) is 16.5. The second-order valence-electron chi connectivity index (χ2n) is 5.23. The molecule has 0 bridgehead atoms. The summed E-state index contributed by atoms with van der Waals surface area (Å²) in [6.45, 7) is 6.15. The number of benzene rings is 1. The fraction of sp³-hybridized carbons (Fsp3) is 0.467. The van der Waals surface area contributed by atoms with Gasteiger partial charge in [0.2, 0.25) is 11.1 Å². The monoisotopic (exact) mass is 319 g/mol. The second-order valence-corrected chi connectivity index (χ2v) is 6.54. The highest BCUT2D eigenvalue weighted by Crippen LogP contribution is 2.27. The standard InChI is InChI=1S/C15H21N5OS/c1-5-10(2)12-8-6-7-9-13(12)16-14(21)11(3)22-15-17-18-19-20(15)4/h6-11H,5H2,1-4H3,(H,16,21). The van der Waals surface area contributed by atoms with E-state index in [0.29, 0.717) is 11.1 Å².